The van der Waals surface area contributed by atoms with Gasteiger partial charge in [0, 0.05) is 6.42 Å². The van der Waals surface area contributed by atoms with Crippen molar-refractivity contribution in [1.29, 1.82) is 0 Å². The highest BCUT2D eigenvalue weighted by Crippen LogP contribution is 2.43. The van der Waals surface area contributed by atoms with Crippen LogP contribution in [0.3, 0.4) is 0 Å². The van der Waals surface area contributed by atoms with Crippen molar-refractivity contribution in [3.63, 3.8) is 0 Å². The molecule has 3 atom stereocenters. The molecule has 1 amide bonds. The molecule has 3 N–H and O–H groups in total. The van der Waals surface area contributed by atoms with Gasteiger partial charge in [0.1, 0.15) is 13.2 Å². The van der Waals surface area contributed by atoms with E-state index in [0.717, 1.165) is 57.8 Å². The van der Waals surface area contributed by atoms with Gasteiger partial charge in [-0.15, -0.1) is 0 Å². The number of allylic oxidation sites excluding steroid dienone is 7. The molecule has 0 fully saturated rings. The molecule has 0 rings (SSSR count). The van der Waals surface area contributed by atoms with Gasteiger partial charge in [-0.05, 0) is 57.8 Å². The number of unbranched alkanes of at least 4 members (excludes halogenated alkanes) is 39. The molecular formula is C64H124N2O6P+. The van der Waals surface area contributed by atoms with Crippen LogP contribution in [0.2, 0.25) is 0 Å². The first-order chi connectivity index (χ1) is 35.5. The zero-order valence-electron chi connectivity index (χ0n) is 49.1. The molecule has 0 aromatic carbocycles. The van der Waals surface area contributed by atoms with Gasteiger partial charge in [0.2, 0.25) is 5.91 Å². The van der Waals surface area contributed by atoms with Crippen LogP contribution in [-0.2, 0) is 18.4 Å². The van der Waals surface area contributed by atoms with E-state index in [2.05, 4.69) is 55.6 Å². The summed E-state index contributed by atoms with van der Waals surface area (Å²) in [6, 6.07) is -0.853. The summed E-state index contributed by atoms with van der Waals surface area (Å²) in [5.41, 5.74) is 0. The predicted octanol–water partition coefficient (Wildman–Crippen LogP) is 19.5. The highest BCUT2D eigenvalue weighted by atomic mass is 31.2. The lowest BCUT2D eigenvalue weighted by molar-refractivity contribution is -0.870. The van der Waals surface area contributed by atoms with Gasteiger partial charge in [0.05, 0.1) is 39.9 Å². The Morgan fingerprint density at radius 2 is 0.781 bits per heavy atom. The Morgan fingerprint density at radius 1 is 0.466 bits per heavy atom. The molecule has 0 spiro atoms. The molecule has 0 heterocycles. The summed E-state index contributed by atoms with van der Waals surface area (Å²) < 4.78 is 23.8. The zero-order chi connectivity index (χ0) is 53.5. The van der Waals surface area contributed by atoms with Crippen LogP contribution in [0.5, 0.6) is 0 Å². The number of aliphatic hydroxyl groups is 1. The molecule has 73 heavy (non-hydrogen) atoms. The second kappa shape index (κ2) is 55.2. The van der Waals surface area contributed by atoms with Crippen molar-refractivity contribution < 1.29 is 32.9 Å². The molecule has 0 aliphatic heterocycles. The third-order valence-electron chi connectivity index (χ3n) is 14.3. The Kier molecular flexibility index (Phi) is 54.1. The largest absolute Gasteiger partial charge is 0.472 e. The van der Waals surface area contributed by atoms with Gasteiger partial charge in [-0.25, -0.2) is 4.57 Å². The number of carbonyl (C=O) groups is 1. The second-order valence-corrected chi connectivity index (χ2v) is 24.2. The summed E-state index contributed by atoms with van der Waals surface area (Å²) >= 11 is 0. The predicted molar refractivity (Wildman–Crippen MR) is 318 cm³/mol. The Labute approximate surface area is 454 Å². The van der Waals surface area contributed by atoms with Crippen LogP contribution in [0.25, 0.3) is 0 Å². The highest BCUT2D eigenvalue weighted by Gasteiger charge is 2.27. The first-order valence-electron chi connectivity index (χ1n) is 31.5. The molecule has 8 nitrogen and oxygen atoms in total. The third kappa shape index (κ3) is 58.0. The summed E-state index contributed by atoms with van der Waals surface area (Å²) in [7, 11) is 1.57. The van der Waals surface area contributed by atoms with Crippen LogP contribution < -0.4 is 5.32 Å². The maximum Gasteiger partial charge on any atom is 0.472 e. The van der Waals surface area contributed by atoms with Crippen molar-refractivity contribution >= 4 is 13.7 Å². The summed E-state index contributed by atoms with van der Waals surface area (Å²) in [6.45, 7) is 4.83. The van der Waals surface area contributed by atoms with Crippen LogP contribution in [-0.4, -0.2) is 73.4 Å². The second-order valence-electron chi connectivity index (χ2n) is 22.8. The number of likely N-dealkylation sites (N-methyl/N-ethyl adjacent to an activating group) is 1. The molecule has 3 unspecified atom stereocenters. The number of hydrogen-bond acceptors (Lipinski definition) is 5. The SMILES string of the molecule is CCCCCCC/C=C\C/C=C\C/C=C\CCCCCCCCCCC(=O)NC(COP(=O)(O)OCC[N+](C)(C)C)C(O)/C=C/CCCCCCCCCCCCCCCCCCCCCCCCCCCC. The van der Waals surface area contributed by atoms with Crippen LogP contribution >= 0.6 is 7.82 Å². The number of amides is 1. The smallest absolute Gasteiger partial charge is 0.387 e. The van der Waals surface area contributed by atoms with E-state index >= 15 is 0 Å². The van der Waals surface area contributed by atoms with E-state index in [-0.39, 0.29) is 19.1 Å². The van der Waals surface area contributed by atoms with Gasteiger partial charge >= 0.3 is 7.82 Å². The average Bonchev–Trinajstić information content (AvgIpc) is 3.35. The summed E-state index contributed by atoms with van der Waals surface area (Å²) in [4.78, 5) is 23.4. The zero-order valence-corrected chi connectivity index (χ0v) is 50.0. The van der Waals surface area contributed by atoms with Gasteiger partial charge in [0.25, 0.3) is 0 Å². The van der Waals surface area contributed by atoms with Crippen LogP contribution in [0, 0.1) is 0 Å². The number of nitrogens with one attached hydrogen (secondary N) is 1. The monoisotopic (exact) mass is 1050 g/mol. The minimum absolute atomic E-state index is 0.0593. The molecule has 0 aliphatic carbocycles. The molecule has 0 aromatic rings. The van der Waals surface area contributed by atoms with Gasteiger partial charge in [0.15, 0.2) is 0 Å². The van der Waals surface area contributed by atoms with E-state index in [4.69, 9.17) is 9.05 Å². The summed E-state index contributed by atoms with van der Waals surface area (Å²) in [6.07, 6.45) is 73.7. The quantitative estimate of drug-likeness (QED) is 0.0243. The molecule has 430 valence electrons. The molecule has 0 aliphatic rings. The maximum atomic E-state index is 13.0. The van der Waals surface area contributed by atoms with Crippen LogP contribution in [0.1, 0.15) is 303 Å². The lowest BCUT2D eigenvalue weighted by Gasteiger charge is -2.25. The maximum absolute atomic E-state index is 13.0. The number of aliphatic hydroxyl groups excluding tert-OH is 1. The topological polar surface area (TPSA) is 105 Å². The van der Waals surface area contributed by atoms with E-state index in [0.29, 0.717) is 17.4 Å². The number of phosphoric acid groups is 1. The molecule has 9 heteroatoms. The van der Waals surface area contributed by atoms with E-state index in [9.17, 15) is 19.4 Å². The van der Waals surface area contributed by atoms with Crippen molar-refractivity contribution in [2.75, 3.05) is 40.9 Å². The fraction of sp³-hybridized carbons (Fsp3) is 0.859. The first-order valence-corrected chi connectivity index (χ1v) is 33.0. The van der Waals surface area contributed by atoms with E-state index in [1.165, 1.54) is 225 Å². The van der Waals surface area contributed by atoms with Crippen molar-refractivity contribution in [1.82, 2.24) is 5.32 Å². The number of rotatable bonds is 58. The normalized spacial score (nSPS) is 14.1. The van der Waals surface area contributed by atoms with Crippen molar-refractivity contribution in [3.05, 3.63) is 48.6 Å². The van der Waals surface area contributed by atoms with E-state index in [1.807, 2.05) is 27.2 Å². The molecule has 0 radical (unpaired) electrons. The standard InChI is InChI=1S/C64H123N2O6P/c1-6-8-10-12-14-16-18-20-22-24-26-28-30-31-32-33-34-36-37-39-41-43-45-47-49-51-53-55-57-63(67)62(61-72-73(69,70)71-60-59-66(3,4)5)65-64(68)58-56-54-52-50-48-46-44-42-40-38-35-29-27-25-23-21-19-17-15-13-11-9-7-2/h19,21,25,27,35,38,55,57,62-63,67H,6-18,20,22-24,26,28-34,36-37,39-54,56,58-61H2,1-5H3,(H-,65,68,69,70)/p+1/b21-19-,27-25-,38-35-,57-55+. The third-order valence-corrected chi connectivity index (χ3v) is 15.3. The van der Waals surface area contributed by atoms with Crippen LogP contribution in [0.15, 0.2) is 48.6 Å². The van der Waals surface area contributed by atoms with E-state index < -0.39 is 20.0 Å². The number of phosphoric ester groups is 1. The Balaban J connectivity index is 4.16. The van der Waals surface area contributed by atoms with Crippen molar-refractivity contribution in [2.45, 2.75) is 315 Å². The van der Waals surface area contributed by atoms with Gasteiger partial charge in [-0.3, -0.25) is 13.8 Å². The summed E-state index contributed by atoms with van der Waals surface area (Å²) in [5, 5.41) is 14.0. The number of carbonyl (C=O) groups excluding carboxylic acids is 1. The van der Waals surface area contributed by atoms with Crippen LogP contribution in [0.4, 0.5) is 0 Å². The fourth-order valence-electron chi connectivity index (χ4n) is 9.35. The highest BCUT2D eigenvalue weighted by molar-refractivity contribution is 7.47. The van der Waals surface area contributed by atoms with Gasteiger partial charge < -0.3 is 19.8 Å². The molecule has 0 saturated heterocycles. The Bertz CT molecular complexity index is 1330. The van der Waals surface area contributed by atoms with Gasteiger partial charge in [-0.1, -0.05) is 287 Å². The molecule has 0 aromatic heterocycles. The minimum atomic E-state index is -4.35. The lowest BCUT2D eigenvalue weighted by Crippen LogP contribution is -2.45. The number of quaternary nitrogens is 1. The number of nitrogens with zero attached hydrogens (tertiary/aromatic N) is 1. The molecule has 0 saturated carbocycles. The lowest BCUT2D eigenvalue weighted by atomic mass is 10.0. The molecular weight excluding hydrogens is 924 g/mol. The summed E-state index contributed by atoms with van der Waals surface area (Å²) in [5.74, 6) is -0.181. The minimum Gasteiger partial charge on any atom is -0.387 e. The van der Waals surface area contributed by atoms with E-state index in [1.54, 1.807) is 6.08 Å². The van der Waals surface area contributed by atoms with Gasteiger partial charge in [-0.2, -0.15) is 0 Å². The van der Waals surface area contributed by atoms with Crippen molar-refractivity contribution in [3.8, 4) is 0 Å². The number of hydrogen-bond donors (Lipinski definition) is 3. The molecule has 0 bridgehead atoms. The average molecular weight is 1050 g/mol. The first kappa shape index (κ1) is 71.5. The Morgan fingerprint density at radius 3 is 1.14 bits per heavy atom. The van der Waals surface area contributed by atoms with Crippen molar-refractivity contribution in [2.24, 2.45) is 0 Å². The Hall–Kier alpha value is -1.54. The fourth-order valence-corrected chi connectivity index (χ4v) is 10.1.